The lowest BCUT2D eigenvalue weighted by Crippen LogP contribution is -2.30. The van der Waals surface area contributed by atoms with Crippen LogP contribution in [0.5, 0.6) is 0 Å². The number of nitrogens with zero attached hydrogens (tertiary/aromatic N) is 5. The molecule has 0 spiro atoms. The molecule has 0 radical (unpaired) electrons. The number of amides is 1. The van der Waals surface area contributed by atoms with Crippen molar-refractivity contribution in [2.75, 3.05) is 10.6 Å². The van der Waals surface area contributed by atoms with E-state index >= 15 is 0 Å². The largest absolute Gasteiger partial charge is 0.382 e. The fourth-order valence-corrected chi connectivity index (χ4v) is 3.05. The van der Waals surface area contributed by atoms with Crippen molar-refractivity contribution in [2.24, 2.45) is 0 Å². The third-order valence-electron chi connectivity index (χ3n) is 4.62. The van der Waals surface area contributed by atoms with Gasteiger partial charge >= 0.3 is 0 Å². The van der Waals surface area contributed by atoms with Crippen LogP contribution in [0, 0.1) is 12.3 Å². The van der Waals surface area contributed by atoms with Crippen molar-refractivity contribution >= 4 is 28.6 Å². The number of anilines is 2. The fourth-order valence-electron chi connectivity index (χ4n) is 3.05. The lowest BCUT2D eigenvalue weighted by molar-refractivity contribution is -0.116. The summed E-state index contributed by atoms with van der Waals surface area (Å²) in [6.45, 7) is 6.39. The minimum absolute atomic E-state index is 0.0783. The lowest BCUT2D eigenvalue weighted by atomic mass is 10.2. The van der Waals surface area contributed by atoms with Crippen molar-refractivity contribution in [2.45, 2.75) is 46.7 Å². The summed E-state index contributed by atoms with van der Waals surface area (Å²) >= 11 is 0. The quantitative estimate of drug-likeness (QED) is 0.683. The molecule has 146 valence electrons. The molecular weight excluding hydrogens is 354 g/mol. The van der Waals surface area contributed by atoms with Gasteiger partial charge in [-0.05, 0) is 25.5 Å². The lowest BCUT2D eigenvalue weighted by Gasteiger charge is -2.22. The first-order valence-corrected chi connectivity index (χ1v) is 9.33. The summed E-state index contributed by atoms with van der Waals surface area (Å²) in [5, 5.41) is 8.13. The highest BCUT2D eigenvalue weighted by Gasteiger charge is 2.18. The van der Waals surface area contributed by atoms with Gasteiger partial charge in [0.15, 0.2) is 11.5 Å². The Hall–Kier alpha value is -3.29. The van der Waals surface area contributed by atoms with E-state index in [0.29, 0.717) is 29.1 Å². The Morgan fingerprint density at radius 3 is 2.57 bits per heavy atom. The first kappa shape index (κ1) is 19.5. The molecule has 3 N–H and O–H groups in total. The molecule has 0 fully saturated rings. The molecule has 0 saturated carbocycles. The molecule has 0 saturated heterocycles. The first-order valence-electron chi connectivity index (χ1n) is 9.33. The number of carbonyl (C=O) groups is 1. The van der Waals surface area contributed by atoms with Crippen LogP contribution in [0.2, 0.25) is 0 Å². The average Bonchev–Trinajstić information content (AvgIpc) is 2.67. The van der Waals surface area contributed by atoms with Crippen molar-refractivity contribution in [3.63, 3.8) is 0 Å². The van der Waals surface area contributed by atoms with Gasteiger partial charge in [-0.1, -0.05) is 31.5 Å². The molecule has 8 nitrogen and oxygen atoms in total. The Labute approximate surface area is 163 Å². The molecule has 0 aliphatic heterocycles. The molecule has 2 aromatic heterocycles. The number of nitrogen functional groups attached to an aromatic ring is 1. The second-order valence-electron chi connectivity index (χ2n) is 6.69. The zero-order valence-corrected chi connectivity index (χ0v) is 16.4. The number of benzene rings is 1. The van der Waals surface area contributed by atoms with Crippen LogP contribution < -0.4 is 16.3 Å². The molecule has 0 aliphatic rings. The summed E-state index contributed by atoms with van der Waals surface area (Å²) in [4.78, 5) is 27.4. The van der Waals surface area contributed by atoms with Crippen LogP contribution in [0.3, 0.4) is 0 Å². The first-order chi connectivity index (χ1) is 13.4. The summed E-state index contributed by atoms with van der Waals surface area (Å²) in [5.74, 6) is 0.0914. The van der Waals surface area contributed by atoms with E-state index in [-0.39, 0.29) is 23.9 Å². The van der Waals surface area contributed by atoms with Gasteiger partial charge in [0.25, 0.3) is 0 Å². The fraction of sp³-hybridized carbons (Fsp3) is 0.350. The van der Waals surface area contributed by atoms with E-state index in [0.717, 1.165) is 18.5 Å². The van der Waals surface area contributed by atoms with Crippen LogP contribution in [0.15, 0.2) is 30.3 Å². The van der Waals surface area contributed by atoms with Crippen molar-refractivity contribution < 1.29 is 4.79 Å². The number of aryl methyl sites for hydroxylation is 2. The van der Waals surface area contributed by atoms with Crippen LogP contribution in [-0.4, -0.2) is 25.4 Å². The third kappa shape index (κ3) is 3.85. The van der Waals surface area contributed by atoms with Gasteiger partial charge in [-0.25, -0.2) is 9.97 Å². The number of aromatic nitrogens is 4. The van der Waals surface area contributed by atoms with Gasteiger partial charge in [-0.2, -0.15) is 4.98 Å². The van der Waals surface area contributed by atoms with Gasteiger partial charge in [-0.15, -0.1) is 0 Å². The van der Waals surface area contributed by atoms with E-state index in [9.17, 15) is 4.79 Å². The molecule has 28 heavy (non-hydrogen) atoms. The van der Waals surface area contributed by atoms with Crippen molar-refractivity contribution in [1.82, 2.24) is 19.5 Å². The Morgan fingerprint density at radius 1 is 1.21 bits per heavy atom. The Bertz CT molecular complexity index is 1060. The molecule has 0 aliphatic carbocycles. The Morgan fingerprint density at radius 2 is 1.93 bits per heavy atom. The Kier molecular flexibility index (Phi) is 5.67. The molecule has 2 heterocycles. The highest BCUT2D eigenvalue weighted by molar-refractivity contribution is 5.91. The number of unbranched alkanes of at least 4 members (excludes halogenated alkanes) is 1. The van der Waals surface area contributed by atoms with Gasteiger partial charge in [0.05, 0.1) is 17.9 Å². The maximum atomic E-state index is 12.2. The van der Waals surface area contributed by atoms with Gasteiger partial charge in [0.1, 0.15) is 5.52 Å². The summed E-state index contributed by atoms with van der Waals surface area (Å²) in [6, 6.07) is 9.44. The molecule has 8 heteroatoms. The number of carbonyl (C=O) groups excluding carboxylic acids is 1. The number of fused-ring (bicyclic) bond motifs is 1. The molecule has 3 rings (SSSR count). The van der Waals surface area contributed by atoms with Gasteiger partial charge in [-0.3, -0.25) is 14.8 Å². The van der Waals surface area contributed by atoms with Crippen LogP contribution >= 0.6 is 0 Å². The normalized spacial score (nSPS) is 11.0. The minimum Gasteiger partial charge on any atom is -0.382 e. The van der Waals surface area contributed by atoms with Crippen molar-refractivity contribution in [3.8, 4) is 0 Å². The molecular formula is C20H25N7O. The van der Waals surface area contributed by atoms with Gasteiger partial charge < -0.3 is 10.6 Å². The minimum atomic E-state index is -0.0851. The maximum Gasteiger partial charge on any atom is 0.225 e. The summed E-state index contributed by atoms with van der Waals surface area (Å²) in [6.07, 6.45) is 1.90. The predicted molar refractivity (Wildman–Crippen MR) is 109 cm³/mol. The smallest absolute Gasteiger partial charge is 0.225 e. The van der Waals surface area contributed by atoms with Gasteiger partial charge in [0.2, 0.25) is 11.5 Å². The van der Waals surface area contributed by atoms with E-state index in [1.165, 1.54) is 6.92 Å². The number of rotatable bonds is 6. The van der Waals surface area contributed by atoms with E-state index in [2.05, 4.69) is 21.9 Å². The number of hydrogen-bond donors (Lipinski definition) is 2. The maximum absolute atomic E-state index is 12.2. The molecule has 1 aromatic carbocycles. The predicted octanol–water partition coefficient (Wildman–Crippen LogP) is 2.55. The van der Waals surface area contributed by atoms with Gasteiger partial charge in [0, 0.05) is 19.2 Å². The monoisotopic (exact) mass is 379 g/mol. The molecule has 0 bridgehead atoms. The summed E-state index contributed by atoms with van der Waals surface area (Å²) in [5.41, 5.74) is 9.29. The zero-order valence-electron chi connectivity index (χ0n) is 16.4. The zero-order chi connectivity index (χ0) is 20.3. The highest BCUT2D eigenvalue weighted by Crippen LogP contribution is 2.20. The van der Waals surface area contributed by atoms with E-state index in [1.807, 2.05) is 37.3 Å². The van der Waals surface area contributed by atoms with Crippen LogP contribution in [0.1, 0.15) is 38.1 Å². The number of para-hydroxylation sites is 1. The Balaban J connectivity index is 2.08. The van der Waals surface area contributed by atoms with Crippen LogP contribution in [0.25, 0.3) is 11.2 Å². The molecule has 0 atom stereocenters. The second kappa shape index (κ2) is 8.16. The van der Waals surface area contributed by atoms with Crippen LogP contribution in [0.4, 0.5) is 11.5 Å². The highest BCUT2D eigenvalue weighted by atomic mass is 16.2. The summed E-state index contributed by atoms with van der Waals surface area (Å²) in [7, 11) is 0. The molecule has 1 amide bonds. The van der Waals surface area contributed by atoms with E-state index in [4.69, 9.17) is 11.1 Å². The third-order valence-corrected chi connectivity index (χ3v) is 4.62. The van der Waals surface area contributed by atoms with Crippen LogP contribution in [-0.2, 0) is 17.9 Å². The molecule has 3 aromatic rings. The average molecular weight is 379 g/mol. The number of hydrogen-bond acceptors (Lipinski definition) is 6. The van der Waals surface area contributed by atoms with Crippen molar-refractivity contribution in [3.05, 3.63) is 47.3 Å². The number of nitrogens with two attached hydrogens (primary N) is 1. The number of nitrogens with one attached hydrogen (secondary N) is 1. The van der Waals surface area contributed by atoms with Crippen molar-refractivity contribution in [1.29, 1.82) is 5.41 Å². The second-order valence-corrected chi connectivity index (χ2v) is 6.69. The summed E-state index contributed by atoms with van der Waals surface area (Å²) < 4.78 is 1.74. The topological polar surface area (TPSA) is 114 Å². The standard InChI is InChI=1S/C20H25N7O/c1-4-5-11-26-19-17(18(21)25-20(26)22)24-16(13(2)23-19)12-27(14(3)28)15-9-7-6-8-10-15/h6-10H,4-5,11-12H2,1-3H3,(H3,21,22,25). The molecule has 0 unspecified atom stereocenters. The SMILES string of the molecule is CCCCn1c(=N)nc(N)c2nc(CN(C(C)=O)c3ccccc3)c(C)nc21. The van der Waals surface area contributed by atoms with E-state index in [1.54, 1.807) is 9.47 Å². The van der Waals surface area contributed by atoms with E-state index < -0.39 is 0 Å².